The Bertz CT molecular complexity index is 899. The molecule has 4 rings (SSSR count). The van der Waals surface area contributed by atoms with E-state index in [1.165, 1.54) is 0 Å². The second-order valence-corrected chi connectivity index (χ2v) is 8.19. The summed E-state index contributed by atoms with van der Waals surface area (Å²) in [5.41, 5.74) is 2.54. The predicted octanol–water partition coefficient (Wildman–Crippen LogP) is 1.11. The maximum Gasteiger partial charge on any atom is 0.251 e. The topological polar surface area (TPSA) is 73.7 Å². The van der Waals surface area contributed by atoms with E-state index in [0.29, 0.717) is 31.6 Å². The van der Waals surface area contributed by atoms with Crippen molar-refractivity contribution in [2.24, 2.45) is 0 Å². The molecule has 3 heterocycles. The number of rotatable bonds is 6. The Labute approximate surface area is 177 Å². The molecule has 0 spiro atoms. The summed E-state index contributed by atoms with van der Waals surface area (Å²) in [6.07, 6.45) is 0.460. The van der Waals surface area contributed by atoms with Gasteiger partial charge in [-0.3, -0.25) is 19.4 Å². The van der Waals surface area contributed by atoms with E-state index >= 15 is 0 Å². The Morgan fingerprint density at radius 2 is 1.83 bits per heavy atom. The molecule has 1 N–H and O–H groups in total. The largest absolute Gasteiger partial charge is 0.351 e. The quantitative estimate of drug-likeness (QED) is 0.772. The van der Waals surface area contributed by atoms with E-state index < -0.39 is 0 Å². The van der Waals surface area contributed by atoms with E-state index in [-0.39, 0.29) is 11.8 Å². The number of benzene rings is 1. The first-order valence-corrected chi connectivity index (χ1v) is 10.6. The van der Waals surface area contributed by atoms with E-state index in [1.807, 2.05) is 41.9 Å². The molecule has 30 heavy (non-hydrogen) atoms. The standard InChI is InChI=1S/C22H30N6O2/c1-17-15-20-27(21(29)7-9-28(20)24-17)16-18-3-5-19(6-4-18)22(30)23-8-10-26-13-11-25(2)12-14-26/h3-6,15H,7-14,16H2,1-2H3,(H,23,30). The minimum atomic E-state index is -0.0570. The lowest BCUT2D eigenvalue weighted by molar-refractivity contribution is -0.119. The van der Waals surface area contributed by atoms with Gasteiger partial charge in [-0.2, -0.15) is 5.10 Å². The normalized spacial score (nSPS) is 17.8. The Morgan fingerprint density at radius 1 is 1.10 bits per heavy atom. The van der Waals surface area contributed by atoms with Crippen LogP contribution in [0.2, 0.25) is 0 Å². The number of hydrogen-bond acceptors (Lipinski definition) is 5. The third kappa shape index (κ3) is 4.71. The first kappa shape index (κ1) is 20.6. The molecule has 0 unspecified atom stereocenters. The molecule has 8 heteroatoms. The summed E-state index contributed by atoms with van der Waals surface area (Å²) in [5.74, 6) is 0.890. The molecule has 2 amide bonds. The number of nitrogens with zero attached hydrogens (tertiary/aromatic N) is 5. The number of carbonyl (C=O) groups is 2. The molecule has 160 valence electrons. The van der Waals surface area contributed by atoms with Gasteiger partial charge in [0.15, 0.2) is 0 Å². The van der Waals surface area contributed by atoms with Crippen LogP contribution in [0.3, 0.4) is 0 Å². The van der Waals surface area contributed by atoms with Crippen molar-refractivity contribution in [1.29, 1.82) is 0 Å². The summed E-state index contributed by atoms with van der Waals surface area (Å²) in [6, 6.07) is 9.45. The van der Waals surface area contributed by atoms with Gasteiger partial charge in [-0.05, 0) is 31.7 Å². The maximum atomic E-state index is 12.4. The van der Waals surface area contributed by atoms with E-state index in [4.69, 9.17) is 0 Å². The van der Waals surface area contributed by atoms with Gasteiger partial charge >= 0.3 is 0 Å². The number of amides is 2. The van der Waals surface area contributed by atoms with E-state index in [1.54, 1.807) is 4.90 Å². The van der Waals surface area contributed by atoms with E-state index in [9.17, 15) is 9.59 Å². The minimum Gasteiger partial charge on any atom is -0.351 e. The Morgan fingerprint density at radius 3 is 2.57 bits per heavy atom. The van der Waals surface area contributed by atoms with Crippen molar-refractivity contribution in [1.82, 2.24) is 24.9 Å². The summed E-state index contributed by atoms with van der Waals surface area (Å²) in [5, 5.41) is 7.46. The number of fused-ring (bicyclic) bond motifs is 1. The van der Waals surface area contributed by atoms with Crippen molar-refractivity contribution >= 4 is 17.6 Å². The fraction of sp³-hybridized carbons (Fsp3) is 0.500. The second kappa shape index (κ2) is 8.97. The first-order chi connectivity index (χ1) is 14.5. The van der Waals surface area contributed by atoms with Gasteiger partial charge in [0, 0.05) is 57.3 Å². The fourth-order valence-corrected chi connectivity index (χ4v) is 3.99. The first-order valence-electron chi connectivity index (χ1n) is 10.6. The SMILES string of the molecule is Cc1cc2n(n1)CCC(=O)N2Cc1ccc(C(=O)NCCN2CCN(C)CC2)cc1. The molecule has 0 bridgehead atoms. The molecule has 1 saturated heterocycles. The fourth-order valence-electron chi connectivity index (χ4n) is 3.99. The molecule has 0 saturated carbocycles. The van der Waals surface area contributed by atoms with Crippen LogP contribution in [0, 0.1) is 6.92 Å². The van der Waals surface area contributed by atoms with Crippen molar-refractivity contribution in [3.8, 4) is 0 Å². The zero-order chi connectivity index (χ0) is 21.1. The highest BCUT2D eigenvalue weighted by Gasteiger charge is 2.25. The number of piperazine rings is 1. The molecule has 0 aliphatic carbocycles. The lowest BCUT2D eigenvalue weighted by Crippen LogP contribution is -2.46. The van der Waals surface area contributed by atoms with Gasteiger partial charge < -0.3 is 10.2 Å². The van der Waals surface area contributed by atoms with Crippen molar-refractivity contribution in [2.75, 3.05) is 51.2 Å². The third-order valence-electron chi connectivity index (χ3n) is 5.86. The van der Waals surface area contributed by atoms with Crippen LogP contribution in [-0.4, -0.2) is 77.7 Å². The van der Waals surface area contributed by atoms with Gasteiger partial charge in [0.2, 0.25) is 5.91 Å². The molecule has 2 aromatic rings. The third-order valence-corrected chi connectivity index (χ3v) is 5.86. The summed E-state index contributed by atoms with van der Waals surface area (Å²) in [7, 11) is 2.14. The van der Waals surface area contributed by atoms with Crippen molar-refractivity contribution in [2.45, 2.75) is 26.4 Å². The number of aromatic nitrogens is 2. The molecule has 2 aliphatic heterocycles. The van der Waals surface area contributed by atoms with E-state index in [0.717, 1.165) is 49.8 Å². The molecule has 8 nitrogen and oxygen atoms in total. The molecule has 1 aromatic carbocycles. The highest BCUT2D eigenvalue weighted by Crippen LogP contribution is 2.24. The summed E-state index contributed by atoms with van der Waals surface area (Å²) >= 11 is 0. The number of likely N-dealkylation sites (N-methyl/N-ethyl adjacent to an activating group) is 1. The molecule has 1 aromatic heterocycles. The van der Waals surface area contributed by atoms with Gasteiger partial charge in [0.1, 0.15) is 5.82 Å². The van der Waals surface area contributed by atoms with Crippen LogP contribution in [0.15, 0.2) is 30.3 Å². The van der Waals surface area contributed by atoms with Crippen molar-refractivity contribution < 1.29 is 9.59 Å². The number of carbonyl (C=O) groups excluding carboxylic acids is 2. The second-order valence-electron chi connectivity index (χ2n) is 8.19. The average Bonchev–Trinajstić information content (AvgIpc) is 3.13. The van der Waals surface area contributed by atoms with Gasteiger partial charge in [-0.1, -0.05) is 12.1 Å². The van der Waals surface area contributed by atoms with Crippen LogP contribution in [0.4, 0.5) is 5.82 Å². The predicted molar refractivity (Wildman–Crippen MR) is 115 cm³/mol. The van der Waals surface area contributed by atoms with Crippen molar-refractivity contribution in [3.05, 3.63) is 47.2 Å². The maximum absolute atomic E-state index is 12.4. The van der Waals surface area contributed by atoms with Crippen LogP contribution < -0.4 is 10.2 Å². The lowest BCUT2D eigenvalue weighted by atomic mass is 10.1. The van der Waals surface area contributed by atoms with Gasteiger partial charge in [0.25, 0.3) is 5.91 Å². The Hall–Kier alpha value is -2.71. The smallest absolute Gasteiger partial charge is 0.251 e. The minimum absolute atomic E-state index is 0.0570. The highest BCUT2D eigenvalue weighted by atomic mass is 16.2. The van der Waals surface area contributed by atoms with Gasteiger partial charge in [0.05, 0.1) is 18.8 Å². The Kier molecular flexibility index (Phi) is 6.15. The lowest BCUT2D eigenvalue weighted by Gasteiger charge is -2.32. The van der Waals surface area contributed by atoms with Crippen LogP contribution in [0.25, 0.3) is 0 Å². The zero-order valence-corrected chi connectivity index (χ0v) is 17.8. The molecular weight excluding hydrogens is 380 g/mol. The molecule has 1 fully saturated rings. The van der Waals surface area contributed by atoms with E-state index in [2.05, 4.69) is 27.3 Å². The molecule has 0 atom stereocenters. The summed E-state index contributed by atoms with van der Waals surface area (Å²) in [4.78, 5) is 31.3. The molecule has 2 aliphatic rings. The molecule has 0 radical (unpaired) electrons. The monoisotopic (exact) mass is 410 g/mol. The highest BCUT2D eigenvalue weighted by molar-refractivity contribution is 5.95. The summed E-state index contributed by atoms with van der Waals surface area (Å²) < 4.78 is 1.89. The zero-order valence-electron chi connectivity index (χ0n) is 17.8. The molecular formula is C22H30N6O2. The summed E-state index contributed by atoms with van der Waals surface area (Å²) in [6.45, 7) is 8.83. The number of aryl methyl sites for hydroxylation is 2. The number of anilines is 1. The number of nitrogens with one attached hydrogen (secondary N) is 1. The van der Waals surface area contributed by atoms with Crippen LogP contribution >= 0.6 is 0 Å². The van der Waals surface area contributed by atoms with Crippen LogP contribution in [0.1, 0.15) is 28.0 Å². The number of hydrogen-bond donors (Lipinski definition) is 1. The van der Waals surface area contributed by atoms with Gasteiger partial charge in [-0.15, -0.1) is 0 Å². The van der Waals surface area contributed by atoms with Crippen LogP contribution in [-0.2, 0) is 17.9 Å². The Balaban J connectivity index is 1.30. The van der Waals surface area contributed by atoms with Crippen LogP contribution in [0.5, 0.6) is 0 Å². The average molecular weight is 411 g/mol. The van der Waals surface area contributed by atoms with Crippen molar-refractivity contribution in [3.63, 3.8) is 0 Å². The van der Waals surface area contributed by atoms with Gasteiger partial charge in [-0.25, -0.2) is 4.68 Å².